The molecule has 0 saturated heterocycles. The molecule has 0 saturated carbocycles. The van der Waals surface area contributed by atoms with Crippen molar-refractivity contribution in [3.8, 4) is 5.75 Å². The van der Waals surface area contributed by atoms with Gasteiger partial charge < -0.3 is 9.30 Å². The monoisotopic (exact) mass is 372 g/mol. The lowest BCUT2D eigenvalue weighted by Crippen LogP contribution is -2.14. The summed E-state index contributed by atoms with van der Waals surface area (Å²) in [6, 6.07) is 12.1. The van der Waals surface area contributed by atoms with E-state index in [1.807, 2.05) is 18.2 Å². The van der Waals surface area contributed by atoms with E-state index < -0.39 is 10.0 Å². The third-order valence-electron chi connectivity index (χ3n) is 4.72. The molecule has 0 bridgehead atoms. The van der Waals surface area contributed by atoms with Gasteiger partial charge in [0.25, 0.3) is 10.0 Å². The molecule has 1 heterocycles. The van der Waals surface area contributed by atoms with Gasteiger partial charge in [-0.15, -0.1) is 0 Å². The summed E-state index contributed by atoms with van der Waals surface area (Å²) in [5.41, 5.74) is 3.88. The lowest BCUT2D eigenvalue weighted by molar-refractivity contribution is 0.414. The van der Waals surface area contributed by atoms with E-state index in [0.29, 0.717) is 11.4 Å². The van der Waals surface area contributed by atoms with Crippen LogP contribution in [0.2, 0.25) is 0 Å². The molecule has 0 unspecified atom stereocenters. The Morgan fingerprint density at radius 3 is 2.38 bits per heavy atom. The number of rotatable bonds is 6. The first kappa shape index (κ1) is 18.3. The number of hydrogen-bond donors (Lipinski definition) is 1. The molecule has 3 rings (SSSR count). The molecule has 5 nitrogen and oxygen atoms in total. The summed E-state index contributed by atoms with van der Waals surface area (Å²) in [5.74, 6) is 0.620. The van der Waals surface area contributed by atoms with E-state index in [-0.39, 0.29) is 4.90 Å². The van der Waals surface area contributed by atoms with Crippen LogP contribution in [0.1, 0.15) is 24.6 Å². The summed E-state index contributed by atoms with van der Waals surface area (Å²) < 4.78 is 35.7. The lowest BCUT2D eigenvalue weighted by Gasteiger charge is -2.13. The van der Waals surface area contributed by atoms with Gasteiger partial charge in [0.2, 0.25) is 0 Å². The molecule has 0 radical (unpaired) electrons. The Kier molecular flexibility index (Phi) is 4.96. The highest BCUT2D eigenvalue weighted by Crippen LogP contribution is 2.32. The van der Waals surface area contributed by atoms with Gasteiger partial charge in [-0.2, -0.15) is 0 Å². The third kappa shape index (κ3) is 3.17. The number of methoxy groups -OCH3 is 1. The van der Waals surface area contributed by atoms with Crippen LogP contribution in [0.25, 0.3) is 10.9 Å². The lowest BCUT2D eigenvalue weighted by atomic mass is 10.1. The molecule has 0 spiro atoms. The van der Waals surface area contributed by atoms with E-state index in [2.05, 4.69) is 30.1 Å². The second kappa shape index (κ2) is 7.03. The molecule has 1 aromatic heterocycles. The van der Waals surface area contributed by atoms with Crippen molar-refractivity contribution in [2.24, 2.45) is 0 Å². The maximum atomic E-state index is 12.8. The zero-order valence-corrected chi connectivity index (χ0v) is 16.4. The van der Waals surface area contributed by atoms with Gasteiger partial charge in [-0.05, 0) is 56.2 Å². The Morgan fingerprint density at radius 1 is 1.08 bits per heavy atom. The minimum Gasteiger partial charge on any atom is -0.497 e. The van der Waals surface area contributed by atoms with Crippen molar-refractivity contribution in [2.75, 3.05) is 11.8 Å². The van der Waals surface area contributed by atoms with E-state index in [1.54, 1.807) is 31.4 Å². The summed E-state index contributed by atoms with van der Waals surface area (Å²) in [6.07, 6.45) is 0.976. The average Bonchev–Trinajstić information content (AvgIpc) is 2.88. The first-order valence-corrected chi connectivity index (χ1v) is 10.1. The quantitative estimate of drug-likeness (QED) is 0.694. The van der Waals surface area contributed by atoms with Crippen LogP contribution in [0.4, 0.5) is 5.69 Å². The fourth-order valence-electron chi connectivity index (χ4n) is 3.25. The number of nitrogens with zero attached hydrogens (tertiary/aromatic N) is 1. The summed E-state index contributed by atoms with van der Waals surface area (Å²) >= 11 is 0. The van der Waals surface area contributed by atoms with Gasteiger partial charge in [-0.3, -0.25) is 4.72 Å². The minimum absolute atomic E-state index is 0.206. The summed E-state index contributed by atoms with van der Waals surface area (Å²) in [4.78, 5) is 0.206. The molecule has 0 atom stereocenters. The number of anilines is 1. The highest BCUT2D eigenvalue weighted by molar-refractivity contribution is 7.92. The number of fused-ring (bicyclic) bond motifs is 1. The first-order valence-electron chi connectivity index (χ1n) is 8.64. The van der Waals surface area contributed by atoms with Gasteiger partial charge in [-0.1, -0.05) is 19.1 Å². The minimum atomic E-state index is -3.68. The molecule has 3 aromatic rings. The molecule has 6 heteroatoms. The van der Waals surface area contributed by atoms with E-state index in [4.69, 9.17) is 4.74 Å². The van der Waals surface area contributed by atoms with Crippen LogP contribution in [-0.2, 0) is 16.6 Å². The van der Waals surface area contributed by atoms with Crippen LogP contribution in [0.5, 0.6) is 5.75 Å². The van der Waals surface area contributed by atoms with Crippen LogP contribution < -0.4 is 9.46 Å². The topological polar surface area (TPSA) is 60.3 Å². The van der Waals surface area contributed by atoms with Gasteiger partial charge in [0.1, 0.15) is 5.75 Å². The Bertz CT molecular complexity index is 1040. The van der Waals surface area contributed by atoms with Crippen LogP contribution in [0.3, 0.4) is 0 Å². The smallest absolute Gasteiger partial charge is 0.261 e. The van der Waals surface area contributed by atoms with E-state index >= 15 is 0 Å². The number of aromatic nitrogens is 1. The summed E-state index contributed by atoms with van der Waals surface area (Å²) in [6.45, 7) is 7.11. The SMILES string of the molecule is CCCn1c(C)c(C)c2cccc(NS(=O)(=O)c3ccc(OC)cc3)c21. The number of benzene rings is 2. The van der Waals surface area contributed by atoms with E-state index in [0.717, 1.165) is 29.6 Å². The molecule has 0 aliphatic rings. The maximum Gasteiger partial charge on any atom is 0.261 e. The Balaban J connectivity index is 2.09. The van der Waals surface area contributed by atoms with Crippen molar-refractivity contribution in [3.63, 3.8) is 0 Å². The van der Waals surface area contributed by atoms with Crippen molar-refractivity contribution in [2.45, 2.75) is 38.6 Å². The molecule has 0 amide bonds. The van der Waals surface area contributed by atoms with Crippen molar-refractivity contribution >= 4 is 26.6 Å². The average molecular weight is 372 g/mol. The van der Waals surface area contributed by atoms with Gasteiger partial charge in [0.05, 0.1) is 23.2 Å². The zero-order chi connectivity index (χ0) is 18.9. The summed E-state index contributed by atoms with van der Waals surface area (Å²) in [7, 11) is -2.13. The molecule has 26 heavy (non-hydrogen) atoms. The predicted octanol–water partition coefficient (Wildman–Crippen LogP) is 4.48. The number of nitrogens with one attached hydrogen (secondary N) is 1. The molecule has 0 aliphatic carbocycles. The summed E-state index contributed by atoms with van der Waals surface area (Å²) in [5, 5.41) is 1.07. The Hall–Kier alpha value is -2.47. The van der Waals surface area contributed by atoms with Gasteiger partial charge in [0.15, 0.2) is 0 Å². The maximum absolute atomic E-state index is 12.8. The van der Waals surface area contributed by atoms with Gasteiger partial charge in [0, 0.05) is 17.6 Å². The fraction of sp³-hybridized carbons (Fsp3) is 0.300. The largest absolute Gasteiger partial charge is 0.497 e. The Labute approximate surface area is 154 Å². The third-order valence-corrected chi connectivity index (χ3v) is 6.10. The normalized spacial score (nSPS) is 11.7. The van der Waals surface area contributed by atoms with E-state index in [9.17, 15) is 8.42 Å². The number of para-hydroxylation sites is 1. The number of sulfonamides is 1. The number of aryl methyl sites for hydroxylation is 2. The number of hydrogen-bond acceptors (Lipinski definition) is 3. The van der Waals surface area contributed by atoms with Crippen LogP contribution in [-0.4, -0.2) is 20.1 Å². The molecule has 138 valence electrons. The predicted molar refractivity (Wildman–Crippen MR) is 106 cm³/mol. The standard InChI is InChI=1S/C20H24N2O3S/c1-5-13-22-15(3)14(2)18-7-6-8-19(20(18)22)21-26(23,24)17-11-9-16(25-4)10-12-17/h6-12,21H,5,13H2,1-4H3. The number of ether oxygens (including phenoxy) is 1. The van der Waals surface area contributed by atoms with Crippen LogP contribution in [0.15, 0.2) is 47.4 Å². The second-order valence-electron chi connectivity index (χ2n) is 6.34. The van der Waals surface area contributed by atoms with Gasteiger partial charge >= 0.3 is 0 Å². The molecule has 1 N–H and O–H groups in total. The molecule has 2 aromatic carbocycles. The van der Waals surface area contributed by atoms with Crippen molar-refractivity contribution < 1.29 is 13.2 Å². The van der Waals surface area contributed by atoms with Crippen molar-refractivity contribution in [1.82, 2.24) is 4.57 Å². The fourth-order valence-corrected chi connectivity index (χ4v) is 4.31. The van der Waals surface area contributed by atoms with Crippen LogP contribution in [0, 0.1) is 13.8 Å². The molecular weight excluding hydrogens is 348 g/mol. The molecule has 0 fully saturated rings. The highest BCUT2D eigenvalue weighted by Gasteiger charge is 2.19. The molecule has 0 aliphatic heterocycles. The Morgan fingerprint density at radius 2 is 1.77 bits per heavy atom. The second-order valence-corrected chi connectivity index (χ2v) is 8.03. The molecular formula is C20H24N2O3S. The highest BCUT2D eigenvalue weighted by atomic mass is 32.2. The van der Waals surface area contributed by atoms with Crippen LogP contribution >= 0.6 is 0 Å². The van der Waals surface area contributed by atoms with Crippen molar-refractivity contribution in [1.29, 1.82) is 0 Å². The van der Waals surface area contributed by atoms with Crippen molar-refractivity contribution in [3.05, 3.63) is 53.7 Å². The first-order chi connectivity index (χ1) is 12.4. The van der Waals surface area contributed by atoms with Gasteiger partial charge in [-0.25, -0.2) is 8.42 Å². The van der Waals surface area contributed by atoms with E-state index in [1.165, 1.54) is 5.56 Å². The zero-order valence-electron chi connectivity index (χ0n) is 15.5.